The van der Waals surface area contributed by atoms with Crippen molar-refractivity contribution < 1.29 is 16.8 Å². The number of sulfonamides is 1. The van der Waals surface area contributed by atoms with Gasteiger partial charge in [-0.25, -0.2) is 21.6 Å². The van der Waals surface area contributed by atoms with E-state index in [-0.39, 0.29) is 18.8 Å². The zero-order valence-corrected chi connectivity index (χ0v) is 9.99. The summed E-state index contributed by atoms with van der Waals surface area (Å²) in [6.45, 7) is 0.0153. The van der Waals surface area contributed by atoms with Crippen LogP contribution in [0.5, 0.6) is 0 Å². The van der Waals surface area contributed by atoms with Gasteiger partial charge in [0.05, 0.1) is 17.3 Å². The first-order chi connectivity index (χ1) is 6.62. The molecule has 0 aromatic rings. The molecule has 15 heavy (non-hydrogen) atoms. The molecule has 0 aliphatic rings. The molecule has 0 fully saturated rings. The number of hydrogen-bond acceptors (Lipinski definition) is 5. The molecule has 90 valence electrons. The molecular weight excluding hydrogens is 242 g/mol. The van der Waals surface area contributed by atoms with Crippen LogP contribution in [0.25, 0.3) is 0 Å². The van der Waals surface area contributed by atoms with Crippen LogP contribution in [-0.4, -0.2) is 47.0 Å². The average molecular weight is 257 g/mol. The van der Waals surface area contributed by atoms with Gasteiger partial charge in [-0.3, -0.25) is 5.41 Å². The van der Waals surface area contributed by atoms with Gasteiger partial charge in [0.15, 0.2) is 0 Å². The molecule has 4 N–H and O–H groups in total. The molecule has 0 unspecified atom stereocenters. The largest absolute Gasteiger partial charge is 0.388 e. The molecule has 0 aromatic carbocycles. The second kappa shape index (κ2) is 5.42. The Labute approximate surface area is 89.5 Å². The fourth-order valence-corrected chi connectivity index (χ4v) is 3.32. The van der Waals surface area contributed by atoms with Crippen LogP contribution in [0.4, 0.5) is 0 Å². The molecule has 0 rings (SSSR count). The lowest BCUT2D eigenvalue weighted by Crippen LogP contribution is -2.32. The molecule has 0 aliphatic carbocycles. The van der Waals surface area contributed by atoms with E-state index >= 15 is 0 Å². The van der Waals surface area contributed by atoms with E-state index in [9.17, 15) is 16.8 Å². The minimum Gasteiger partial charge on any atom is -0.388 e. The van der Waals surface area contributed by atoms with Crippen LogP contribution in [0.2, 0.25) is 0 Å². The Morgan fingerprint density at radius 1 is 1.27 bits per heavy atom. The lowest BCUT2D eigenvalue weighted by atomic mass is 10.4. The molecule has 0 amide bonds. The van der Waals surface area contributed by atoms with Gasteiger partial charge in [0.1, 0.15) is 9.84 Å². The van der Waals surface area contributed by atoms with Gasteiger partial charge in [0, 0.05) is 19.2 Å². The Kier molecular flexibility index (Phi) is 5.18. The SMILES string of the molecule is CS(=O)(=O)CCS(=O)(=O)NCCC(=N)N. The number of nitrogens with one attached hydrogen (secondary N) is 2. The first-order valence-electron chi connectivity index (χ1n) is 4.10. The highest BCUT2D eigenvalue weighted by Crippen LogP contribution is 1.90. The zero-order valence-electron chi connectivity index (χ0n) is 8.36. The lowest BCUT2D eigenvalue weighted by Gasteiger charge is -2.04. The normalized spacial score (nSPS) is 12.6. The molecule has 0 spiro atoms. The highest BCUT2D eigenvalue weighted by atomic mass is 32.2. The lowest BCUT2D eigenvalue weighted by molar-refractivity contribution is 0.580. The van der Waals surface area contributed by atoms with E-state index in [1.54, 1.807) is 0 Å². The fraction of sp³-hybridized carbons (Fsp3) is 0.833. The summed E-state index contributed by atoms with van der Waals surface area (Å²) in [7, 11) is -6.88. The minimum atomic E-state index is -3.59. The number of rotatable bonds is 7. The summed E-state index contributed by atoms with van der Waals surface area (Å²) in [6, 6.07) is 0. The molecular formula is C6H15N3O4S2. The summed E-state index contributed by atoms with van der Waals surface area (Å²) in [5.41, 5.74) is 5.02. The van der Waals surface area contributed by atoms with Crippen LogP contribution in [0.3, 0.4) is 0 Å². The van der Waals surface area contributed by atoms with Crippen molar-refractivity contribution in [1.82, 2.24) is 4.72 Å². The molecule has 0 heterocycles. The van der Waals surface area contributed by atoms with E-state index in [2.05, 4.69) is 4.72 Å². The second-order valence-electron chi connectivity index (χ2n) is 3.12. The Balaban J connectivity index is 4.04. The highest BCUT2D eigenvalue weighted by Gasteiger charge is 2.13. The molecule has 9 heteroatoms. The van der Waals surface area contributed by atoms with E-state index in [1.165, 1.54) is 0 Å². The third kappa shape index (κ3) is 9.63. The Morgan fingerprint density at radius 3 is 2.20 bits per heavy atom. The van der Waals surface area contributed by atoms with E-state index in [0.717, 1.165) is 6.26 Å². The maximum Gasteiger partial charge on any atom is 0.212 e. The third-order valence-electron chi connectivity index (χ3n) is 1.44. The molecule has 0 aliphatic heterocycles. The molecule has 0 atom stereocenters. The number of amidine groups is 1. The number of hydrogen-bond donors (Lipinski definition) is 3. The van der Waals surface area contributed by atoms with Gasteiger partial charge >= 0.3 is 0 Å². The smallest absolute Gasteiger partial charge is 0.212 e. The first-order valence-corrected chi connectivity index (χ1v) is 7.81. The predicted molar refractivity (Wildman–Crippen MR) is 58.0 cm³/mol. The maximum atomic E-state index is 11.2. The summed E-state index contributed by atoms with van der Waals surface area (Å²) < 4.78 is 45.9. The van der Waals surface area contributed by atoms with Gasteiger partial charge in [-0.15, -0.1) is 0 Å². The van der Waals surface area contributed by atoms with Gasteiger partial charge in [0.2, 0.25) is 10.0 Å². The van der Waals surface area contributed by atoms with E-state index < -0.39 is 31.4 Å². The summed E-state index contributed by atoms with van der Waals surface area (Å²) in [5, 5.41) is 6.85. The fourth-order valence-electron chi connectivity index (χ4n) is 0.674. The van der Waals surface area contributed by atoms with Crippen molar-refractivity contribution in [3.63, 3.8) is 0 Å². The standard InChI is InChI=1S/C6H15N3O4S2/c1-14(10,11)4-5-15(12,13)9-3-2-6(7)8/h9H,2-5H2,1H3,(H3,7,8). The zero-order chi connectivity index (χ0) is 12.1. The molecule has 0 aromatic heterocycles. The second-order valence-corrected chi connectivity index (χ2v) is 7.30. The topological polar surface area (TPSA) is 130 Å². The average Bonchev–Trinajstić information content (AvgIpc) is 1.99. The predicted octanol–water partition coefficient (Wildman–Crippen LogP) is -1.72. The number of sulfone groups is 1. The Hall–Kier alpha value is -0.670. The van der Waals surface area contributed by atoms with Gasteiger partial charge in [-0.1, -0.05) is 0 Å². The van der Waals surface area contributed by atoms with Crippen LogP contribution in [0, 0.1) is 5.41 Å². The van der Waals surface area contributed by atoms with Gasteiger partial charge in [-0.2, -0.15) is 0 Å². The van der Waals surface area contributed by atoms with Crippen LogP contribution in [0.1, 0.15) is 6.42 Å². The first kappa shape index (κ1) is 14.3. The van der Waals surface area contributed by atoms with Gasteiger partial charge < -0.3 is 5.73 Å². The van der Waals surface area contributed by atoms with Crippen LogP contribution < -0.4 is 10.5 Å². The third-order valence-corrected chi connectivity index (χ3v) is 4.03. The van der Waals surface area contributed by atoms with Crippen molar-refractivity contribution >= 4 is 25.7 Å². The van der Waals surface area contributed by atoms with Crippen LogP contribution in [0.15, 0.2) is 0 Å². The monoisotopic (exact) mass is 257 g/mol. The van der Waals surface area contributed by atoms with Crippen molar-refractivity contribution in [1.29, 1.82) is 5.41 Å². The molecule has 0 radical (unpaired) electrons. The molecule has 7 nitrogen and oxygen atoms in total. The van der Waals surface area contributed by atoms with Crippen molar-refractivity contribution in [3.05, 3.63) is 0 Å². The summed E-state index contributed by atoms with van der Waals surface area (Å²) in [5.74, 6) is -1.01. The minimum absolute atomic E-state index is 0.0153. The van der Waals surface area contributed by atoms with Crippen molar-refractivity contribution in [3.8, 4) is 0 Å². The van der Waals surface area contributed by atoms with Crippen LogP contribution in [-0.2, 0) is 19.9 Å². The van der Waals surface area contributed by atoms with Crippen molar-refractivity contribution in [2.75, 3.05) is 24.3 Å². The summed E-state index contributed by atoms with van der Waals surface area (Å²) >= 11 is 0. The summed E-state index contributed by atoms with van der Waals surface area (Å²) in [6.07, 6.45) is 1.08. The Bertz CT molecular complexity index is 412. The Morgan fingerprint density at radius 2 is 1.80 bits per heavy atom. The number of nitrogens with two attached hydrogens (primary N) is 1. The van der Waals surface area contributed by atoms with Gasteiger partial charge in [-0.05, 0) is 0 Å². The maximum absolute atomic E-state index is 11.2. The van der Waals surface area contributed by atoms with Gasteiger partial charge in [0.25, 0.3) is 0 Å². The van der Waals surface area contributed by atoms with Crippen LogP contribution >= 0.6 is 0 Å². The van der Waals surface area contributed by atoms with Crippen molar-refractivity contribution in [2.45, 2.75) is 6.42 Å². The molecule has 0 bridgehead atoms. The van der Waals surface area contributed by atoms with E-state index in [0.29, 0.717) is 0 Å². The quantitative estimate of drug-likeness (QED) is 0.369. The van der Waals surface area contributed by atoms with E-state index in [4.69, 9.17) is 11.1 Å². The summed E-state index contributed by atoms with van der Waals surface area (Å²) in [4.78, 5) is 0. The van der Waals surface area contributed by atoms with E-state index in [1.807, 2.05) is 0 Å². The molecule has 0 saturated carbocycles. The van der Waals surface area contributed by atoms with Crippen molar-refractivity contribution in [2.24, 2.45) is 5.73 Å². The molecule has 0 saturated heterocycles. The highest BCUT2D eigenvalue weighted by molar-refractivity contribution is 7.93.